The van der Waals surface area contributed by atoms with Gasteiger partial charge in [-0.25, -0.2) is 9.18 Å². The molecule has 0 unspecified atom stereocenters. The van der Waals surface area contributed by atoms with Crippen LogP contribution in [0.25, 0.3) is 17.1 Å². The number of urea groups is 1. The molecule has 1 heterocycles. The summed E-state index contributed by atoms with van der Waals surface area (Å²) >= 11 is 7.62. The lowest BCUT2D eigenvalue weighted by Crippen LogP contribution is -2.34. The number of primary amides is 1. The number of nitrogens with one attached hydrogen (secondary N) is 1. The molecule has 0 aliphatic heterocycles. The first-order valence-corrected chi connectivity index (χ1v) is 10.0. The van der Waals surface area contributed by atoms with E-state index in [4.69, 9.17) is 17.3 Å². The fourth-order valence-corrected chi connectivity index (χ4v) is 3.73. The minimum absolute atomic E-state index is 0.126. The molecular weight excluding hydrogens is 417 g/mol. The molecule has 7 nitrogen and oxygen atoms in total. The smallest absolute Gasteiger partial charge is 0.318 e. The molecule has 0 saturated heterocycles. The zero-order chi connectivity index (χ0) is 20.8. The van der Waals surface area contributed by atoms with E-state index < -0.39 is 17.8 Å². The first-order chi connectivity index (χ1) is 14.0. The number of nitrogens with zero attached hydrogens (tertiary/aromatic N) is 3. The number of aromatic nitrogens is 3. The third kappa shape index (κ3) is 5.12. The average molecular weight is 434 g/mol. The molecule has 3 rings (SSSR count). The number of nitrogens with two attached hydrogens (primary N) is 1. The van der Waals surface area contributed by atoms with Crippen molar-refractivity contribution in [3.05, 3.63) is 59.4 Å². The highest BCUT2D eigenvalue weighted by Crippen LogP contribution is 2.32. The SMILES string of the molecule is NC(=O)NC(=O)CCCSc1nnc(-c2ccccc2Cl)n1-c1ccccc1F. The molecule has 0 aliphatic rings. The average Bonchev–Trinajstić information content (AvgIpc) is 3.09. The van der Waals surface area contributed by atoms with Gasteiger partial charge in [0.05, 0.1) is 10.7 Å². The lowest BCUT2D eigenvalue weighted by molar-refractivity contribution is -0.119. The van der Waals surface area contributed by atoms with Gasteiger partial charge in [0.25, 0.3) is 0 Å². The maximum atomic E-state index is 14.5. The Bertz CT molecular complexity index is 1040. The molecule has 0 fully saturated rings. The molecule has 3 amide bonds. The number of rotatable bonds is 7. The van der Waals surface area contributed by atoms with E-state index in [1.54, 1.807) is 41.0 Å². The van der Waals surface area contributed by atoms with Gasteiger partial charge in [-0.2, -0.15) is 0 Å². The summed E-state index contributed by atoms with van der Waals surface area (Å²) in [5, 5.41) is 11.4. The van der Waals surface area contributed by atoms with Crippen LogP contribution in [-0.2, 0) is 4.79 Å². The molecule has 3 aromatic rings. The van der Waals surface area contributed by atoms with Gasteiger partial charge < -0.3 is 5.73 Å². The van der Waals surface area contributed by atoms with Crippen molar-refractivity contribution in [2.24, 2.45) is 5.73 Å². The van der Waals surface area contributed by atoms with Crippen molar-refractivity contribution >= 4 is 35.3 Å². The zero-order valence-electron chi connectivity index (χ0n) is 15.1. The van der Waals surface area contributed by atoms with Crippen LogP contribution >= 0.6 is 23.4 Å². The van der Waals surface area contributed by atoms with Crippen molar-refractivity contribution in [1.29, 1.82) is 0 Å². The van der Waals surface area contributed by atoms with Gasteiger partial charge in [-0.1, -0.05) is 47.6 Å². The molecule has 2 aromatic carbocycles. The van der Waals surface area contributed by atoms with Gasteiger partial charge in [-0.15, -0.1) is 10.2 Å². The molecule has 29 heavy (non-hydrogen) atoms. The van der Waals surface area contributed by atoms with Crippen LogP contribution in [0.1, 0.15) is 12.8 Å². The molecule has 10 heteroatoms. The van der Waals surface area contributed by atoms with E-state index in [0.717, 1.165) is 0 Å². The Morgan fingerprint density at radius 2 is 1.86 bits per heavy atom. The number of para-hydroxylation sites is 1. The summed E-state index contributed by atoms with van der Waals surface area (Å²) in [6.45, 7) is 0. The summed E-state index contributed by atoms with van der Waals surface area (Å²) in [5.41, 5.74) is 5.83. The van der Waals surface area contributed by atoms with E-state index in [-0.39, 0.29) is 6.42 Å². The number of hydrogen-bond donors (Lipinski definition) is 2. The number of amides is 3. The van der Waals surface area contributed by atoms with Crippen molar-refractivity contribution in [2.75, 3.05) is 5.75 Å². The van der Waals surface area contributed by atoms with Crippen LogP contribution in [0.2, 0.25) is 5.02 Å². The summed E-state index contributed by atoms with van der Waals surface area (Å²) in [6, 6.07) is 12.5. The van der Waals surface area contributed by atoms with Crippen molar-refractivity contribution < 1.29 is 14.0 Å². The number of thioether (sulfide) groups is 1. The zero-order valence-corrected chi connectivity index (χ0v) is 16.7. The minimum Gasteiger partial charge on any atom is -0.351 e. The molecule has 0 bridgehead atoms. The van der Waals surface area contributed by atoms with E-state index in [2.05, 4.69) is 10.2 Å². The second-order valence-electron chi connectivity index (χ2n) is 5.94. The van der Waals surface area contributed by atoms with Crippen LogP contribution in [-0.4, -0.2) is 32.5 Å². The fraction of sp³-hybridized carbons (Fsp3) is 0.158. The number of hydrogen-bond acceptors (Lipinski definition) is 5. The predicted octanol–water partition coefficient (Wildman–Crippen LogP) is 3.79. The second-order valence-corrected chi connectivity index (χ2v) is 7.41. The molecular formula is C19H17ClFN5O2S. The lowest BCUT2D eigenvalue weighted by atomic mass is 10.2. The van der Waals surface area contributed by atoms with E-state index in [1.165, 1.54) is 17.8 Å². The number of benzene rings is 2. The van der Waals surface area contributed by atoms with Gasteiger partial charge >= 0.3 is 6.03 Å². The monoisotopic (exact) mass is 433 g/mol. The Kier molecular flexibility index (Phi) is 6.84. The van der Waals surface area contributed by atoms with Crippen molar-refractivity contribution in [1.82, 2.24) is 20.1 Å². The van der Waals surface area contributed by atoms with E-state index in [9.17, 15) is 14.0 Å². The number of imide groups is 1. The highest BCUT2D eigenvalue weighted by Gasteiger charge is 2.20. The maximum Gasteiger partial charge on any atom is 0.318 e. The molecule has 150 valence electrons. The molecule has 3 N–H and O–H groups in total. The lowest BCUT2D eigenvalue weighted by Gasteiger charge is -2.12. The molecule has 0 aliphatic carbocycles. The van der Waals surface area contributed by atoms with Crippen molar-refractivity contribution in [3.8, 4) is 17.1 Å². The summed E-state index contributed by atoms with van der Waals surface area (Å²) < 4.78 is 16.1. The summed E-state index contributed by atoms with van der Waals surface area (Å²) in [4.78, 5) is 22.2. The fourth-order valence-electron chi connectivity index (χ4n) is 2.63. The Hall–Kier alpha value is -2.91. The van der Waals surface area contributed by atoms with Crippen LogP contribution in [0, 0.1) is 5.82 Å². The predicted molar refractivity (Wildman–Crippen MR) is 109 cm³/mol. The topological polar surface area (TPSA) is 103 Å². The third-order valence-corrected chi connectivity index (χ3v) is 5.23. The molecule has 0 radical (unpaired) electrons. The van der Waals surface area contributed by atoms with Crippen molar-refractivity contribution in [3.63, 3.8) is 0 Å². The van der Waals surface area contributed by atoms with Crippen LogP contribution < -0.4 is 11.1 Å². The van der Waals surface area contributed by atoms with Crippen LogP contribution in [0.5, 0.6) is 0 Å². The van der Waals surface area contributed by atoms with Crippen LogP contribution in [0.15, 0.2) is 53.7 Å². The Morgan fingerprint density at radius 1 is 1.14 bits per heavy atom. The normalized spacial score (nSPS) is 10.7. The van der Waals surface area contributed by atoms with E-state index >= 15 is 0 Å². The molecule has 1 aromatic heterocycles. The Labute approximate surface area is 175 Å². The van der Waals surface area contributed by atoms with Gasteiger partial charge in [0, 0.05) is 17.7 Å². The number of carbonyl (C=O) groups is 2. The third-order valence-electron chi connectivity index (χ3n) is 3.88. The standard InChI is InChI=1S/C19H17ClFN5O2S/c20-13-7-2-1-6-12(13)17-24-25-19(26(17)15-9-4-3-8-14(15)21)29-11-5-10-16(27)23-18(22)28/h1-4,6-9H,5,10-11H2,(H3,22,23,27,28). The first kappa shape index (κ1) is 20.8. The minimum atomic E-state index is -0.883. The van der Waals surface area contributed by atoms with Crippen LogP contribution in [0.3, 0.4) is 0 Å². The summed E-state index contributed by atoms with van der Waals surface area (Å²) in [5.74, 6) is 0.0322. The largest absolute Gasteiger partial charge is 0.351 e. The van der Waals surface area contributed by atoms with Gasteiger partial charge in [-0.05, 0) is 30.7 Å². The second kappa shape index (κ2) is 9.53. The summed E-state index contributed by atoms with van der Waals surface area (Å²) in [7, 11) is 0. The van der Waals surface area contributed by atoms with E-state index in [1.807, 2.05) is 11.4 Å². The highest BCUT2D eigenvalue weighted by molar-refractivity contribution is 7.99. The van der Waals surface area contributed by atoms with E-state index in [0.29, 0.717) is 39.4 Å². The summed E-state index contributed by atoms with van der Waals surface area (Å²) in [6.07, 6.45) is 0.594. The Morgan fingerprint density at radius 3 is 2.59 bits per heavy atom. The number of carbonyl (C=O) groups excluding carboxylic acids is 2. The van der Waals surface area contributed by atoms with Crippen molar-refractivity contribution in [2.45, 2.75) is 18.0 Å². The maximum absolute atomic E-state index is 14.5. The van der Waals surface area contributed by atoms with Gasteiger partial charge in [0.2, 0.25) is 5.91 Å². The van der Waals surface area contributed by atoms with Gasteiger partial charge in [-0.3, -0.25) is 14.7 Å². The highest BCUT2D eigenvalue weighted by atomic mass is 35.5. The van der Waals surface area contributed by atoms with Gasteiger partial charge in [0.15, 0.2) is 11.0 Å². The first-order valence-electron chi connectivity index (χ1n) is 8.64. The van der Waals surface area contributed by atoms with Gasteiger partial charge in [0.1, 0.15) is 5.82 Å². The number of halogens is 2. The molecule has 0 atom stereocenters. The molecule has 0 saturated carbocycles. The van der Waals surface area contributed by atoms with Crippen LogP contribution in [0.4, 0.5) is 9.18 Å². The molecule has 0 spiro atoms. The quantitative estimate of drug-likeness (QED) is 0.436. The Balaban J connectivity index is 1.86.